The van der Waals surface area contributed by atoms with Crippen LogP contribution in [0.3, 0.4) is 0 Å². The number of hydrogen-bond acceptors (Lipinski definition) is 5. The van der Waals surface area contributed by atoms with Crippen LogP contribution in [-0.4, -0.2) is 27.5 Å². The van der Waals surface area contributed by atoms with E-state index in [4.69, 9.17) is 0 Å². The number of rotatable bonds is 7. The van der Waals surface area contributed by atoms with E-state index >= 15 is 0 Å². The van der Waals surface area contributed by atoms with Crippen molar-refractivity contribution < 1.29 is 0 Å². The second-order valence-corrected chi connectivity index (χ2v) is 6.07. The van der Waals surface area contributed by atoms with Gasteiger partial charge in [0, 0.05) is 42.9 Å². The van der Waals surface area contributed by atoms with Crippen LogP contribution in [-0.2, 0) is 6.42 Å². The first-order valence-corrected chi connectivity index (χ1v) is 8.00. The van der Waals surface area contributed by atoms with Gasteiger partial charge in [-0.3, -0.25) is 4.98 Å². The summed E-state index contributed by atoms with van der Waals surface area (Å²) in [5, 5.41) is 6.70. The molecular weight excluding hydrogens is 274 g/mol. The molecule has 1 aliphatic carbocycles. The van der Waals surface area contributed by atoms with Gasteiger partial charge >= 0.3 is 0 Å². The molecule has 0 amide bonds. The quantitative estimate of drug-likeness (QED) is 0.821. The van der Waals surface area contributed by atoms with E-state index < -0.39 is 0 Å². The first-order chi connectivity index (χ1) is 10.7. The first-order valence-electron chi connectivity index (χ1n) is 8.00. The monoisotopic (exact) mass is 297 g/mol. The highest BCUT2D eigenvalue weighted by molar-refractivity contribution is 5.44. The standard InChI is InChI=1S/C17H23N5/c1-12(2)20-17-21-15(13-6-7-13)11-16(22-17)19-10-8-14-5-3-4-9-18-14/h3-5,9,11-13H,6-8,10H2,1-2H3,(H2,19,20,21,22). The predicted octanol–water partition coefficient (Wildman–Crippen LogP) is 3.22. The maximum Gasteiger partial charge on any atom is 0.225 e. The average molecular weight is 297 g/mol. The third-order valence-corrected chi connectivity index (χ3v) is 3.57. The van der Waals surface area contributed by atoms with Crippen molar-refractivity contribution in [3.05, 3.63) is 41.9 Å². The van der Waals surface area contributed by atoms with Crippen molar-refractivity contribution in [1.29, 1.82) is 0 Å². The Bertz CT molecular complexity index is 608. The molecule has 2 aromatic heterocycles. The lowest BCUT2D eigenvalue weighted by Crippen LogP contribution is -2.15. The summed E-state index contributed by atoms with van der Waals surface area (Å²) in [4.78, 5) is 13.5. The van der Waals surface area contributed by atoms with Crippen molar-refractivity contribution in [2.75, 3.05) is 17.2 Å². The Balaban J connectivity index is 1.65. The van der Waals surface area contributed by atoms with Crippen molar-refractivity contribution in [1.82, 2.24) is 15.0 Å². The molecule has 0 bridgehead atoms. The molecule has 0 unspecified atom stereocenters. The highest BCUT2D eigenvalue weighted by Gasteiger charge is 2.26. The fraction of sp³-hybridized carbons (Fsp3) is 0.471. The van der Waals surface area contributed by atoms with Crippen LogP contribution in [0.1, 0.15) is 44.0 Å². The molecule has 0 aliphatic heterocycles. The Morgan fingerprint density at radius 1 is 1.23 bits per heavy atom. The van der Waals surface area contributed by atoms with E-state index in [0.717, 1.165) is 36.1 Å². The molecule has 5 nitrogen and oxygen atoms in total. The van der Waals surface area contributed by atoms with Crippen LogP contribution >= 0.6 is 0 Å². The molecule has 0 saturated heterocycles. The van der Waals surface area contributed by atoms with Crippen LogP contribution in [0, 0.1) is 0 Å². The van der Waals surface area contributed by atoms with Gasteiger partial charge in [0.25, 0.3) is 0 Å². The average Bonchev–Trinajstić information content (AvgIpc) is 3.32. The third kappa shape index (κ3) is 4.16. The second-order valence-electron chi connectivity index (χ2n) is 6.07. The van der Waals surface area contributed by atoms with Crippen LogP contribution in [0.2, 0.25) is 0 Å². The van der Waals surface area contributed by atoms with Crippen molar-refractivity contribution >= 4 is 11.8 Å². The molecule has 0 atom stereocenters. The number of aromatic nitrogens is 3. The fourth-order valence-electron chi connectivity index (χ4n) is 2.33. The molecule has 2 heterocycles. The largest absolute Gasteiger partial charge is 0.370 e. The summed E-state index contributed by atoms with van der Waals surface area (Å²) in [7, 11) is 0. The van der Waals surface area contributed by atoms with E-state index in [1.165, 1.54) is 12.8 Å². The minimum absolute atomic E-state index is 0.329. The molecule has 2 aromatic rings. The summed E-state index contributed by atoms with van der Waals surface area (Å²) in [6.07, 6.45) is 5.20. The Hall–Kier alpha value is -2.17. The summed E-state index contributed by atoms with van der Waals surface area (Å²) in [6.45, 7) is 5.02. The summed E-state index contributed by atoms with van der Waals surface area (Å²) in [5.41, 5.74) is 2.24. The van der Waals surface area contributed by atoms with Gasteiger partial charge < -0.3 is 10.6 Å². The van der Waals surface area contributed by atoms with Gasteiger partial charge in [0.2, 0.25) is 5.95 Å². The smallest absolute Gasteiger partial charge is 0.225 e. The molecule has 0 radical (unpaired) electrons. The molecule has 2 N–H and O–H groups in total. The van der Waals surface area contributed by atoms with E-state index in [1.54, 1.807) is 0 Å². The molecule has 116 valence electrons. The molecule has 3 rings (SSSR count). The van der Waals surface area contributed by atoms with E-state index in [9.17, 15) is 0 Å². The maximum atomic E-state index is 4.63. The Morgan fingerprint density at radius 2 is 2.09 bits per heavy atom. The highest BCUT2D eigenvalue weighted by Crippen LogP contribution is 2.39. The summed E-state index contributed by atoms with van der Waals surface area (Å²) in [6, 6.07) is 8.41. The molecule has 1 saturated carbocycles. The number of nitrogens with one attached hydrogen (secondary N) is 2. The predicted molar refractivity (Wildman–Crippen MR) is 89.2 cm³/mol. The van der Waals surface area contributed by atoms with Crippen LogP contribution in [0.15, 0.2) is 30.5 Å². The van der Waals surface area contributed by atoms with E-state index in [0.29, 0.717) is 12.0 Å². The van der Waals surface area contributed by atoms with Crippen molar-refractivity contribution in [3.8, 4) is 0 Å². The van der Waals surface area contributed by atoms with Gasteiger partial charge in [-0.15, -0.1) is 0 Å². The van der Waals surface area contributed by atoms with Gasteiger partial charge in [0.05, 0.1) is 5.69 Å². The first kappa shape index (κ1) is 14.8. The normalized spacial score (nSPS) is 14.1. The van der Waals surface area contributed by atoms with E-state index in [1.807, 2.05) is 24.4 Å². The lowest BCUT2D eigenvalue weighted by molar-refractivity contribution is 0.860. The highest BCUT2D eigenvalue weighted by atomic mass is 15.2. The van der Waals surface area contributed by atoms with Crippen molar-refractivity contribution in [3.63, 3.8) is 0 Å². The zero-order chi connectivity index (χ0) is 15.4. The minimum atomic E-state index is 0.329. The molecule has 0 spiro atoms. The number of hydrogen-bond donors (Lipinski definition) is 2. The third-order valence-electron chi connectivity index (χ3n) is 3.57. The molecule has 0 aromatic carbocycles. The molecule has 1 fully saturated rings. The molecule has 5 heteroatoms. The molecule has 1 aliphatic rings. The summed E-state index contributed by atoms with van der Waals surface area (Å²) in [5.74, 6) is 2.24. The number of nitrogens with zero attached hydrogens (tertiary/aromatic N) is 3. The number of anilines is 2. The van der Waals surface area contributed by atoms with Crippen molar-refractivity contribution in [2.45, 2.75) is 45.1 Å². The second kappa shape index (κ2) is 6.73. The lowest BCUT2D eigenvalue weighted by atomic mass is 10.2. The molecule has 22 heavy (non-hydrogen) atoms. The van der Waals surface area contributed by atoms with Gasteiger partial charge in [0.15, 0.2) is 0 Å². The maximum absolute atomic E-state index is 4.63. The lowest BCUT2D eigenvalue weighted by Gasteiger charge is -2.12. The van der Waals surface area contributed by atoms with Crippen LogP contribution in [0.25, 0.3) is 0 Å². The van der Waals surface area contributed by atoms with Crippen LogP contribution < -0.4 is 10.6 Å². The van der Waals surface area contributed by atoms with Gasteiger partial charge in [0.1, 0.15) is 5.82 Å². The Labute approximate surface area is 131 Å². The van der Waals surface area contributed by atoms with Crippen molar-refractivity contribution in [2.24, 2.45) is 0 Å². The van der Waals surface area contributed by atoms with Gasteiger partial charge in [-0.2, -0.15) is 4.98 Å². The SMILES string of the molecule is CC(C)Nc1nc(NCCc2ccccn2)cc(C2CC2)n1. The Morgan fingerprint density at radius 3 is 2.77 bits per heavy atom. The topological polar surface area (TPSA) is 62.7 Å². The zero-order valence-corrected chi connectivity index (χ0v) is 13.2. The van der Waals surface area contributed by atoms with E-state index in [2.05, 4.69) is 45.5 Å². The number of pyridine rings is 1. The summed E-state index contributed by atoms with van der Waals surface area (Å²) >= 11 is 0. The Kier molecular flexibility index (Phi) is 4.51. The van der Waals surface area contributed by atoms with Gasteiger partial charge in [-0.25, -0.2) is 4.98 Å². The fourth-order valence-corrected chi connectivity index (χ4v) is 2.33. The molecular formula is C17H23N5. The summed E-state index contributed by atoms with van der Waals surface area (Å²) < 4.78 is 0. The van der Waals surface area contributed by atoms with Crippen LogP contribution in [0.4, 0.5) is 11.8 Å². The minimum Gasteiger partial charge on any atom is -0.370 e. The van der Waals surface area contributed by atoms with E-state index in [-0.39, 0.29) is 0 Å². The van der Waals surface area contributed by atoms with Crippen LogP contribution in [0.5, 0.6) is 0 Å². The van der Waals surface area contributed by atoms with Gasteiger partial charge in [-0.05, 0) is 38.8 Å². The van der Waals surface area contributed by atoms with Gasteiger partial charge in [-0.1, -0.05) is 6.07 Å². The zero-order valence-electron chi connectivity index (χ0n) is 13.2.